The zero-order valence-electron chi connectivity index (χ0n) is 13.8. The molecule has 0 bridgehead atoms. The minimum atomic E-state index is -0.377. The van der Waals surface area contributed by atoms with Gasteiger partial charge in [0.2, 0.25) is 5.91 Å². The number of carbonyl (C=O) groups excluding carboxylic acids is 1. The third-order valence-corrected chi connectivity index (χ3v) is 5.89. The molecule has 1 amide bonds. The molecular weight excluding hydrogens is 357 g/mol. The summed E-state index contributed by atoms with van der Waals surface area (Å²) in [5, 5.41) is 1.25. The minimum Gasteiger partial charge on any atom is -0.354 e. The fraction of sp³-hybridized carbons (Fsp3) is 0.368. The van der Waals surface area contributed by atoms with Gasteiger partial charge in [-0.2, -0.15) is 0 Å². The Balaban J connectivity index is 1.61. The number of piperidine rings is 1. The molecule has 0 aliphatic carbocycles. The second kappa shape index (κ2) is 6.50. The topological polar surface area (TPSA) is 36.4 Å². The van der Waals surface area contributed by atoms with Crippen molar-refractivity contribution < 1.29 is 4.79 Å². The Morgan fingerprint density at radius 3 is 2.60 bits per heavy atom. The first-order valence-electron chi connectivity index (χ1n) is 8.53. The van der Waals surface area contributed by atoms with E-state index in [1.807, 2.05) is 41.3 Å². The molecule has 0 N–H and O–H groups in total. The second-order valence-corrected chi connectivity index (χ2v) is 7.59. The molecule has 4 rings (SSSR count). The van der Waals surface area contributed by atoms with E-state index in [4.69, 9.17) is 23.2 Å². The van der Waals surface area contributed by atoms with Gasteiger partial charge in [-0.25, -0.2) is 4.98 Å². The smallest absolute Gasteiger partial charge is 0.235 e. The monoisotopic (exact) mass is 375 g/mol. The van der Waals surface area contributed by atoms with Gasteiger partial charge < -0.3 is 9.80 Å². The maximum absolute atomic E-state index is 13.3. The molecule has 130 valence electrons. The predicted octanol–water partition coefficient (Wildman–Crippen LogP) is 4.41. The number of hydrogen-bond donors (Lipinski definition) is 0. The number of halogens is 2. The molecule has 2 aliphatic rings. The van der Waals surface area contributed by atoms with Crippen LogP contribution in [-0.4, -0.2) is 30.5 Å². The number of amides is 1. The number of pyridine rings is 1. The van der Waals surface area contributed by atoms with Crippen LogP contribution in [0.5, 0.6) is 0 Å². The molecule has 2 aromatic rings. The highest BCUT2D eigenvalue weighted by Gasteiger charge is 2.49. The van der Waals surface area contributed by atoms with E-state index in [2.05, 4.69) is 9.88 Å². The Morgan fingerprint density at radius 1 is 1.00 bits per heavy atom. The molecule has 2 saturated heterocycles. The highest BCUT2D eigenvalue weighted by molar-refractivity contribution is 6.34. The van der Waals surface area contributed by atoms with Crippen LogP contribution < -0.4 is 9.80 Å². The van der Waals surface area contributed by atoms with E-state index >= 15 is 0 Å². The first-order valence-corrected chi connectivity index (χ1v) is 9.28. The molecule has 3 heterocycles. The number of carbonyl (C=O) groups is 1. The van der Waals surface area contributed by atoms with Crippen molar-refractivity contribution in [3.8, 4) is 0 Å². The summed E-state index contributed by atoms with van der Waals surface area (Å²) in [6.45, 7) is 2.23. The average Bonchev–Trinajstić information content (AvgIpc) is 2.92. The quantitative estimate of drug-likeness (QED) is 0.779. The minimum absolute atomic E-state index is 0.164. The number of aromatic nitrogens is 1. The maximum atomic E-state index is 13.3. The van der Waals surface area contributed by atoms with E-state index in [0.717, 1.165) is 37.3 Å². The third-order valence-electron chi connectivity index (χ3n) is 5.27. The van der Waals surface area contributed by atoms with Crippen molar-refractivity contribution in [2.45, 2.75) is 19.3 Å². The van der Waals surface area contributed by atoms with Gasteiger partial charge in [-0.3, -0.25) is 4.79 Å². The lowest BCUT2D eigenvalue weighted by Gasteiger charge is -2.39. The van der Waals surface area contributed by atoms with Gasteiger partial charge >= 0.3 is 0 Å². The predicted molar refractivity (Wildman–Crippen MR) is 102 cm³/mol. The van der Waals surface area contributed by atoms with Gasteiger partial charge in [0.15, 0.2) is 0 Å². The van der Waals surface area contributed by atoms with Crippen LogP contribution in [-0.2, 0) is 4.79 Å². The highest BCUT2D eigenvalue weighted by atomic mass is 35.5. The van der Waals surface area contributed by atoms with Gasteiger partial charge in [-0.1, -0.05) is 35.3 Å². The number of anilines is 2. The van der Waals surface area contributed by atoms with Crippen LogP contribution in [0, 0.1) is 5.41 Å². The molecule has 1 aromatic heterocycles. The first kappa shape index (κ1) is 16.7. The summed E-state index contributed by atoms with van der Waals surface area (Å²) < 4.78 is 0. The SMILES string of the molecule is O=C1N(c2ccccc2Cl)CCC12CCCN(c1ncccc1Cl)C2. The fourth-order valence-electron chi connectivity index (χ4n) is 4.02. The van der Waals surface area contributed by atoms with Gasteiger partial charge in [0.1, 0.15) is 5.82 Å². The summed E-state index contributed by atoms with van der Waals surface area (Å²) in [6, 6.07) is 11.2. The zero-order chi connectivity index (χ0) is 17.4. The van der Waals surface area contributed by atoms with Gasteiger partial charge in [-0.05, 0) is 43.5 Å². The van der Waals surface area contributed by atoms with Gasteiger partial charge in [0.25, 0.3) is 0 Å². The fourth-order valence-corrected chi connectivity index (χ4v) is 4.50. The Labute approximate surface area is 157 Å². The van der Waals surface area contributed by atoms with E-state index in [-0.39, 0.29) is 11.3 Å². The van der Waals surface area contributed by atoms with Crippen molar-refractivity contribution in [3.05, 3.63) is 52.6 Å². The number of nitrogens with zero attached hydrogens (tertiary/aromatic N) is 3. The molecule has 1 spiro atoms. The van der Waals surface area contributed by atoms with Crippen molar-refractivity contribution >= 4 is 40.6 Å². The van der Waals surface area contributed by atoms with Crippen LogP contribution in [0.1, 0.15) is 19.3 Å². The highest BCUT2D eigenvalue weighted by Crippen LogP contribution is 2.44. The summed E-state index contributed by atoms with van der Waals surface area (Å²) in [5.41, 5.74) is 0.428. The summed E-state index contributed by atoms with van der Waals surface area (Å²) in [6.07, 6.45) is 4.43. The normalized spacial score (nSPS) is 23.5. The third kappa shape index (κ3) is 2.87. The standard InChI is InChI=1S/C19H19Cl2N3O/c20-14-5-1-2-7-16(14)24-12-9-19(18(24)25)8-4-11-23(13-19)17-15(21)6-3-10-22-17/h1-3,5-7,10H,4,8-9,11-13H2. The van der Waals surface area contributed by atoms with E-state index in [1.165, 1.54) is 0 Å². The zero-order valence-corrected chi connectivity index (χ0v) is 15.3. The van der Waals surface area contributed by atoms with E-state index in [9.17, 15) is 4.79 Å². The summed E-state index contributed by atoms with van der Waals surface area (Å²) in [5.74, 6) is 0.935. The lowest BCUT2D eigenvalue weighted by atomic mass is 9.78. The molecule has 25 heavy (non-hydrogen) atoms. The van der Waals surface area contributed by atoms with Crippen LogP contribution in [0.2, 0.25) is 10.0 Å². The molecule has 2 fully saturated rings. The number of hydrogen-bond acceptors (Lipinski definition) is 3. The first-order chi connectivity index (χ1) is 12.1. The van der Waals surface area contributed by atoms with Crippen molar-refractivity contribution in [3.63, 3.8) is 0 Å². The van der Waals surface area contributed by atoms with Crippen LogP contribution in [0.15, 0.2) is 42.6 Å². The Hall–Kier alpha value is -1.78. The number of rotatable bonds is 2. The molecule has 0 saturated carbocycles. The molecule has 4 nitrogen and oxygen atoms in total. The van der Waals surface area contributed by atoms with Gasteiger partial charge in [-0.15, -0.1) is 0 Å². The van der Waals surface area contributed by atoms with Crippen molar-refractivity contribution in [2.24, 2.45) is 5.41 Å². The molecular formula is C19H19Cl2N3O. The Kier molecular flexibility index (Phi) is 4.34. The maximum Gasteiger partial charge on any atom is 0.235 e. The molecule has 6 heteroatoms. The van der Waals surface area contributed by atoms with Crippen molar-refractivity contribution in [2.75, 3.05) is 29.4 Å². The number of benzene rings is 1. The van der Waals surface area contributed by atoms with Gasteiger partial charge in [0.05, 0.1) is 21.1 Å². The molecule has 0 radical (unpaired) electrons. The van der Waals surface area contributed by atoms with E-state index in [0.29, 0.717) is 23.1 Å². The largest absolute Gasteiger partial charge is 0.354 e. The van der Waals surface area contributed by atoms with E-state index in [1.54, 1.807) is 6.20 Å². The molecule has 2 aliphatic heterocycles. The molecule has 1 atom stereocenters. The lowest BCUT2D eigenvalue weighted by molar-refractivity contribution is -0.126. The van der Waals surface area contributed by atoms with Crippen LogP contribution >= 0.6 is 23.2 Å². The average molecular weight is 376 g/mol. The van der Waals surface area contributed by atoms with Gasteiger partial charge in [0, 0.05) is 25.8 Å². The van der Waals surface area contributed by atoms with Crippen molar-refractivity contribution in [1.82, 2.24) is 4.98 Å². The lowest BCUT2D eigenvalue weighted by Crippen LogP contribution is -2.48. The van der Waals surface area contributed by atoms with Crippen LogP contribution in [0.3, 0.4) is 0 Å². The van der Waals surface area contributed by atoms with E-state index < -0.39 is 0 Å². The van der Waals surface area contributed by atoms with Crippen LogP contribution in [0.25, 0.3) is 0 Å². The summed E-state index contributed by atoms with van der Waals surface area (Å²) in [4.78, 5) is 21.7. The molecule has 1 aromatic carbocycles. The summed E-state index contributed by atoms with van der Waals surface area (Å²) >= 11 is 12.6. The summed E-state index contributed by atoms with van der Waals surface area (Å²) in [7, 11) is 0. The number of para-hydroxylation sites is 1. The van der Waals surface area contributed by atoms with Crippen molar-refractivity contribution in [1.29, 1.82) is 0 Å². The Bertz CT molecular complexity index is 813. The molecule has 1 unspecified atom stereocenters. The van der Waals surface area contributed by atoms with Crippen LogP contribution in [0.4, 0.5) is 11.5 Å². The second-order valence-electron chi connectivity index (χ2n) is 6.77. The Morgan fingerprint density at radius 2 is 1.80 bits per heavy atom.